The van der Waals surface area contributed by atoms with Crippen LogP contribution in [0.5, 0.6) is 0 Å². The Morgan fingerprint density at radius 3 is 2.88 bits per heavy atom. The van der Waals surface area contributed by atoms with Crippen LogP contribution in [0.1, 0.15) is 17.8 Å². The van der Waals surface area contributed by atoms with Gasteiger partial charge in [-0.3, -0.25) is 0 Å². The monoisotopic (exact) mass is 316 g/mol. The summed E-state index contributed by atoms with van der Waals surface area (Å²) in [5.74, 6) is 0. The van der Waals surface area contributed by atoms with Crippen molar-refractivity contribution >= 4 is 44.6 Å². The van der Waals surface area contributed by atoms with Crippen molar-refractivity contribution in [3.8, 4) is 0 Å². The van der Waals surface area contributed by atoms with Gasteiger partial charge in [0.15, 0.2) is 0 Å². The predicted octanol–water partition coefficient (Wildman–Crippen LogP) is 4.73. The molecule has 0 aliphatic rings. The minimum Gasteiger partial charge on any atom is -0.376 e. The van der Waals surface area contributed by atoms with Gasteiger partial charge >= 0.3 is 0 Å². The summed E-state index contributed by atoms with van der Waals surface area (Å²) in [7, 11) is 0. The fraction of sp³-hybridized carbons (Fsp3) is 0.182. The van der Waals surface area contributed by atoms with E-state index in [4.69, 9.17) is 11.6 Å². The van der Waals surface area contributed by atoms with E-state index in [2.05, 4.69) is 44.6 Å². The molecule has 84 valence electrons. The molecule has 0 amide bonds. The van der Waals surface area contributed by atoms with Gasteiger partial charge in [-0.25, -0.2) is 4.98 Å². The average Bonchev–Trinajstić information content (AvgIpc) is 2.68. The number of rotatable bonds is 3. The first-order valence-corrected chi connectivity index (χ1v) is 6.82. The largest absolute Gasteiger partial charge is 0.376 e. The first-order chi connectivity index (χ1) is 7.65. The second-order valence-corrected chi connectivity index (χ2v) is 5.65. The first-order valence-electron chi connectivity index (χ1n) is 4.77. The minimum absolute atomic E-state index is 0.263. The first kappa shape index (κ1) is 11.9. The maximum absolute atomic E-state index is 5.73. The summed E-state index contributed by atoms with van der Waals surface area (Å²) in [5.41, 5.74) is 0.974. The molecule has 0 fully saturated rings. The van der Waals surface area contributed by atoms with E-state index in [1.165, 1.54) is 4.88 Å². The number of pyridine rings is 1. The van der Waals surface area contributed by atoms with E-state index in [0.717, 1.165) is 10.2 Å². The second kappa shape index (κ2) is 5.17. The van der Waals surface area contributed by atoms with Crippen LogP contribution in [0.3, 0.4) is 0 Å². The van der Waals surface area contributed by atoms with Gasteiger partial charge in [-0.1, -0.05) is 11.6 Å². The fourth-order valence-corrected chi connectivity index (χ4v) is 2.90. The Morgan fingerprint density at radius 2 is 2.31 bits per heavy atom. The van der Waals surface area contributed by atoms with Crippen molar-refractivity contribution in [2.24, 2.45) is 0 Å². The maximum Gasteiger partial charge on any atom is 0.129 e. The Hall–Kier alpha value is -0.580. The summed E-state index contributed by atoms with van der Waals surface area (Å²) in [6.07, 6.45) is 1.74. The molecule has 1 atom stereocenters. The number of aromatic nitrogens is 1. The summed E-state index contributed by atoms with van der Waals surface area (Å²) in [5, 5.41) is 5.96. The molecule has 0 aliphatic carbocycles. The van der Waals surface area contributed by atoms with Gasteiger partial charge in [0.25, 0.3) is 0 Å². The van der Waals surface area contributed by atoms with Gasteiger partial charge in [-0.05, 0) is 41.1 Å². The van der Waals surface area contributed by atoms with E-state index in [9.17, 15) is 0 Å². The van der Waals surface area contributed by atoms with Gasteiger partial charge in [-0.2, -0.15) is 0 Å². The molecule has 2 aromatic heterocycles. The Bertz CT molecular complexity index is 469. The highest BCUT2D eigenvalue weighted by atomic mass is 79.9. The molecular weight excluding hydrogens is 308 g/mol. The molecule has 2 rings (SSSR count). The van der Waals surface area contributed by atoms with E-state index in [1.807, 2.05) is 6.07 Å². The van der Waals surface area contributed by atoms with Crippen molar-refractivity contribution in [2.75, 3.05) is 5.32 Å². The standard InChI is InChI=1S/C11H10BrClN2S/c1-7(10-4-8(12)6-16-10)15-9-2-3-11(13)14-5-9/h2-7,15H,1H3. The number of anilines is 1. The molecule has 1 N–H and O–H groups in total. The normalized spacial score (nSPS) is 12.4. The minimum atomic E-state index is 0.263. The number of hydrogen-bond acceptors (Lipinski definition) is 3. The van der Waals surface area contributed by atoms with E-state index in [1.54, 1.807) is 23.6 Å². The molecular formula is C11H10BrClN2S. The van der Waals surface area contributed by atoms with Crippen molar-refractivity contribution < 1.29 is 0 Å². The lowest BCUT2D eigenvalue weighted by molar-refractivity contribution is 0.905. The highest BCUT2D eigenvalue weighted by molar-refractivity contribution is 9.10. The summed E-state index contributed by atoms with van der Waals surface area (Å²) in [6.45, 7) is 2.12. The Kier molecular flexibility index (Phi) is 3.84. The highest BCUT2D eigenvalue weighted by Crippen LogP contribution is 2.27. The zero-order valence-electron chi connectivity index (χ0n) is 8.58. The number of nitrogens with zero attached hydrogens (tertiary/aromatic N) is 1. The van der Waals surface area contributed by atoms with Crippen LogP contribution in [0.15, 0.2) is 34.2 Å². The SMILES string of the molecule is CC(Nc1ccc(Cl)nc1)c1cc(Br)cs1. The molecule has 1 unspecified atom stereocenters. The average molecular weight is 318 g/mol. The van der Waals surface area contributed by atoms with E-state index < -0.39 is 0 Å². The number of halogens is 2. The van der Waals surface area contributed by atoms with Crippen LogP contribution in [-0.2, 0) is 0 Å². The molecule has 5 heteroatoms. The molecule has 0 aliphatic heterocycles. The third-order valence-corrected chi connectivity index (χ3v) is 4.22. The summed E-state index contributed by atoms with van der Waals surface area (Å²) in [4.78, 5) is 5.31. The van der Waals surface area contributed by atoms with Gasteiger partial charge in [0.2, 0.25) is 0 Å². The molecule has 2 heterocycles. The van der Waals surface area contributed by atoms with Crippen LogP contribution >= 0.6 is 38.9 Å². The quantitative estimate of drug-likeness (QED) is 0.828. The van der Waals surface area contributed by atoms with Gasteiger partial charge in [-0.15, -0.1) is 11.3 Å². The molecule has 2 aromatic rings. The molecule has 0 aromatic carbocycles. The predicted molar refractivity (Wildman–Crippen MR) is 73.3 cm³/mol. The van der Waals surface area contributed by atoms with Gasteiger partial charge in [0.05, 0.1) is 17.9 Å². The fourth-order valence-electron chi connectivity index (χ4n) is 1.34. The number of nitrogens with one attached hydrogen (secondary N) is 1. The molecule has 0 saturated heterocycles. The third kappa shape index (κ3) is 2.97. The lowest BCUT2D eigenvalue weighted by Gasteiger charge is -2.13. The highest BCUT2D eigenvalue weighted by Gasteiger charge is 2.07. The third-order valence-electron chi connectivity index (χ3n) is 2.13. The van der Waals surface area contributed by atoms with Crippen LogP contribution < -0.4 is 5.32 Å². The van der Waals surface area contributed by atoms with Gasteiger partial charge in [0.1, 0.15) is 5.15 Å². The summed E-state index contributed by atoms with van der Waals surface area (Å²) >= 11 is 10.9. The van der Waals surface area contributed by atoms with Gasteiger partial charge in [0, 0.05) is 14.7 Å². The Labute approximate surface area is 112 Å². The maximum atomic E-state index is 5.73. The van der Waals surface area contributed by atoms with E-state index >= 15 is 0 Å². The Balaban J connectivity index is 2.07. The Morgan fingerprint density at radius 1 is 1.50 bits per heavy atom. The molecule has 0 saturated carbocycles. The van der Waals surface area contributed by atoms with Gasteiger partial charge < -0.3 is 5.32 Å². The topological polar surface area (TPSA) is 24.9 Å². The van der Waals surface area contributed by atoms with Crippen LogP contribution in [0, 0.1) is 0 Å². The van der Waals surface area contributed by atoms with Crippen LogP contribution in [-0.4, -0.2) is 4.98 Å². The van der Waals surface area contributed by atoms with Crippen molar-refractivity contribution in [3.05, 3.63) is 44.3 Å². The number of hydrogen-bond donors (Lipinski definition) is 1. The number of thiophene rings is 1. The van der Waals surface area contributed by atoms with E-state index in [0.29, 0.717) is 5.15 Å². The molecule has 16 heavy (non-hydrogen) atoms. The zero-order chi connectivity index (χ0) is 11.5. The van der Waals surface area contributed by atoms with Crippen LogP contribution in [0.25, 0.3) is 0 Å². The van der Waals surface area contributed by atoms with Crippen LogP contribution in [0.4, 0.5) is 5.69 Å². The van der Waals surface area contributed by atoms with Crippen molar-refractivity contribution in [2.45, 2.75) is 13.0 Å². The second-order valence-electron chi connectivity index (χ2n) is 3.40. The van der Waals surface area contributed by atoms with Crippen molar-refractivity contribution in [1.82, 2.24) is 4.98 Å². The lowest BCUT2D eigenvalue weighted by Crippen LogP contribution is -2.04. The summed E-state index contributed by atoms with van der Waals surface area (Å²) < 4.78 is 1.12. The van der Waals surface area contributed by atoms with Crippen molar-refractivity contribution in [3.63, 3.8) is 0 Å². The molecule has 2 nitrogen and oxygen atoms in total. The molecule has 0 radical (unpaired) electrons. The van der Waals surface area contributed by atoms with E-state index in [-0.39, 0.29) is 6.04 Å². The smallest absolute Gasteiger partial charge is 0.129 e. The summed E-state index contributed by atoms with van der Waals surface area (Å²) in [6, 6.07) is 6.08. The lowest BCUT2D eigenvalue weighted by atomic mass is 10.2. The van der Waals surface area contributed by atoms with Crippen LogP contribution in [0.2, 0.25) is 5.15 Å². The zero-order valence-corrected chi connectivity index (χ0v) is 11.7. The molecule has 0 bridgehead atoms. The molecule has 0 spiro atoms. The van der Waals surface area contributed by atoms with Crippen molar-refractivity contribution in [1.29, 1.82) is 0 Å².